The number of oxime groups is 1. The van der Waals surface area contributed by atoms with Crippen LogP contribution in [0.3, 0.4) is 0 Å². The van der Waals surface area contributed by atoms with Crippen molar-refractivity contribution in [1.29, 1.82) is 0 Å². The van der Waals surface area contributed by atoms with Gasteiger partial charge in [-0.1, -0.05) is 63.7 Å². The number of rotatable bonds is 6. The second-order valence-corrected chi connectivity index (χ2v) is 9.26. The number of hydrogen-bond donors (Lipinski definition) is 1. The van der Waals surface area contributed by atoms with Gasteiger partial charge in [0, 0.05) is 5.56 Å². The Hall–Kier alpha value is -2.36. The van der Waals surface area contributed by atoms with Crippen molar-refractivity contribution in [1.82, 2.24) is 0 Å². The Morgan fingerprint density at radius 2 is 2.07 bits per heavy atom. The molecule has 29 heavy (non-hydrogen) atoms. The molecule has 0 heterocycles. The zero-order chi connectivity index (χ0) is 21.4. The summed E-state index contributed by atoms with van der Waals surface area (Å²) in [6, 6.07) is 4.45. The van der Waals surface area contributed by atoms with Crippen molar-refractivity contribution in [3.05, 3.63) is 53.6 Å². The number of aliphatic carboxylic acids is 1. The third-order valence-corrected chi connectivity index (χ3v) is 7.17. The largest absolute Gasteiger partial charge is 0.481 e. The highest BCUT2D eigenvalue weighted by Crippen LogP contribution is 2.57. The van der Waals surface area contributed by atoms with Gasteiger partial charge in [-0.25, -0.2) is 0 Å². The number of fused-ring (bicyclic) bond motifs is 3. The number of hydrogen-bond acceptors (Lipinski definition) is 3. The Labute approximate surface area is 174 Å². The van der Waals surface area contributed by atoms with Crippen LogP contribution in [-0.4, -0.2) is 23.4 Å². The molecule has 156 valence electrons. The number of carboxylic acids is 1. The first-order valence-electron chi connectivity index (χ1n) is 10.5. The molecule has 0 radical (unpaired) electrons. The predicted molar refractivity (Wildman–Crippen MR) is 118 cm³/mol. The Bertz CT molecular complexity index is 869. The van der Waals surface area contributed by atoms with E-state index in [1.807, 2.05) is 13.0 Å². The summed E-state index contributed by atoms with van der Waals surface area (Å²) in [5.74, 6) is -0.404. The summed E-state index contributed by atoms with van der Waals surface area (Å²) < 4.78 is 0. The van der Waals surface area contributed by atoms with Crippen LogP contribution in [0.1, 0.15) is 81.5 Å². The van der Waals surface area contributed by atoms with Crippen LogP contribution in [0.4, 0.5) is 0 Å². The molecule has 0 saturated heterocycles. The zero-order valence-electron chi connectivity index (χ0n) is 18.1. The molecule has 4 nitrogen and oxygen atoms in total. The number of benzene rings is 1. The number of carbonyl (C=O) groups is 1. The van der Waals surface area contributed by atoms with Gasteiger partial charge < -0.3 is 9.94 Å². The third kappa shape index (κ3) is 3.43. The highest BCUT2D eigenvalue weighted by atomic mass is 16.6. The molecule has 1 aromatic carbocycles. The fourth-order valence-corrected chi connectivity index (χ4v) is 5.48. The molecule has 3 rings (SSSR count). The maximum atomic E-state index is 12.3. The first-order valence-corrected chi connectivity index (χ1v) is 10.5. The lowest BCUT2D eigenvalue weighted by molar-refractivity contribution is -0.156. The van der Waals surface area contributed by atoms with E-state index < -0.39 is 11.4 Å². The quantitative estimate of drug-likeness (QED) is 0.370. The summed E-state index contributed by atoms with van der Waals surface area (Å²) >= 11 is 0. The normalized spacial score (nSPS) is 29.8. The van der Waals surface area contributed by atoms with Gasteiger partial charge in [-0.05, 0) is 66.2 Å². The standard InChI is InChI=1S/C25H33NO3/c1-7-12-29-26-21-15-22-24(5,10-9-11-25(22,6)23(27)28)20-13-17(8-2)18(16(3)4)14-19(20)21/h7-8,13-14,16,22H,1-2,9-12,15H2,3-6H3,(H,27,28)/t22?,24-,25-/m1/s1. The van der Waals surface area contributed by atoms with Gasteiger partial charge in [0.25, 0.3) is 0 Å². The molecular weight excluding hydrogens is 362 g/mol. The average molecular weight is 396 g/mol. The molecular formula is C25H33NO3. The van der Waals surface area contributed by atoms with E-state index >= 15 is 0 Å². The van der Waals surface area contributed by atoms with E-state index in [-0.39, 0.29) is 11.3 Å². The lowest BCUT2D eigenvalue weighted by Gasteiger charge is -2.53. The molecule has 1 aromatic rings. The van der Waals surface area contributed by atoms with Gasteiger partial charge >= 0.3 is 5.97 Å². The van der Waals surface area contributed by atoms with Gasteiger partial charge in [-0.2, -0.15) is 0 Å². The van der Waals surface area contributed by atoms with Crippen molar-refractivity contribution in [2.45, 2.75) is 64.7 Å². The van der Waals surface area contributed by atoms with Crippen LogP contribution in [0, 0.1) is 11.3 Å². The average Bonchev–Trinajstić information content (AvgIpc) is 2.68. The van der Waals surface area contributed by atoms with Crippen LogP contribution < -0.4 is 0 Å². The van der Waals surface area contributed by atoms with Crippen molar-refractivity contribution >= 4 is 17.8 Å². The second kappa shape index (κ2) is 7.81. The zero-order valence-corrected chi connectivity index (χ0v) is 18.1. The minimum atomic E-state index is -0.783. The Kier molecular flexibility index (Phi) is 5.75. The number of nitrogens with zero attached hydrogens (tertiary/aromatic N) is 1. The van der Waals surface area contributed by atoms with Gasteiger partial charge in [0.1, 0.15) is 6.61 Å². The van der Waals surface area contributed by atoms with E-state index in [4.69, 9.17) is 4.84 Å². The van der Waals surface area contributed by atoms with Crippen molar-refractivity contribution in [3.63, 3.8) is 0 Å². The lowest BCUT2D eigenvalue weighted by Crippen LogP contribution is -2.53. The molecule has 4 heteroatoms. The van der Waals surface area contributed by atoms with E-state index in [0.29, 0.717) is 25.4 Å². The smallest absolute Gasteiger partial charge is 0.309 e. The van der Waals surface area contributed by atoms with Crippen LogP contribution >= 0.6 is 0 Å². The third-order valence-electron chi connectivity index (χ3n) is 7.17. The van der Waals surface area contributed by atoms with E-state index in [1.165, 1.54) is 11.1 Å². The minimum Gasteiger partial charge on any atom is -0.481 e. The molecule has 1 fully saturated rings. The summed E-state index contributed by atoms with van der Waals surface area (Å²) in [6.07, 6.45) is 6.76. The molecule has 0 bridgehead atoms. The van der Waals surface area contributed by atoms with Crippen LogP contribution in [0.5, 0.6) is 0 Å². The van der Waals surface area contributed by atoms with Gasteiger partial charge in [0.2, 0.25) is 0 Å². The van der Waals surface area contributed by atoms with E-state index in [1.54, 1.807) is 6.08 Å². The summed E-state index contributed by atoms with van der Waals surface area (Å²) in [6.45, 7) is 16.5. The van der Waals surface area contributed by atoms with Gasteiger partial charge in [0.05, 0.1) is 11.1 Å². The highest BCUT2D eigenvalue weighted by Gasteiger charge is 2.56. The first-order chi connectivity index (χ1) is 13.7. The molecule has 0 amide bonds. The summed E-state index contributed by atoms with van der Waals surface area (Å²) in [7, 11) is 0. The van der Waals surface area contributed by atoms with Gasteiger partial charge in [-0.15, -0.1) is 0 Å². The first kappa shape index (κ1) is 21.4. The SMILES string of the molecule is C=CCON=C1CC2[C@](C)(C(=O)O)CCC[C@]2(C)c2cc(C=C)c(C(C)C)cc21. The van der Waals surface area contributed by atoms with Crippen molar-refractivity contribution in [2.24, 2.45) is 16.5 Å². The monoisotopic (exact) mass is 395 g/mol. The van der Waals surface area contributed by atoms with E-state index in [9.17, 15) is 9.90 Å². The molecule has 0 aliphatic heterocycles. The highest BCUT2D eigenvalue weighted by molar-refractivity contribution is 6.04. The van der Waals surface area contributed by atoms with Crippen LogP contribution in [0.25, 0.3) is 6.08 Å². The van der Waals surface area contributed by atoms with Crippen LogP contribution in [0.15, 0.2) is 36.5 Å². The second-order valence-electron chi connectivity index (χ2n) is 9.26. The molecule has 1 N–H and O–H groups in total. The molecule has 1 saturated carbocycles. The molecule has 1 unspecified atom stereocenters. The Morgan fingerprint density at radius 3 is 2.66 bits per heavy atom. The fraction of sp³-hybridized carbons (Fsp3) is 0.520. The molecule has 0 spiro atoms. The maximum Gasteiger partial charge on any atom is 0.309 e. The molecule has 2 aliphatic rings. The van der Waals surface area contributed by atoms with Gasteiger partial charge in [-0.3, -0.25) is 4.79 Å². The Balaban J connectivity index is 2.26. The fourth-order valence-electron chi connectivity index (χ4n) is 5.48. The van der Waals surface area contributed by atoms with Crippen LogP contribution in [-0.2, 0) is 15.0 Å². The topological polar surface area (TPSA) is 58.9 Å². The minimum absolute atomic E-state index is 0.0394. The molecule has 0 aromatic heterocycles. The summed E-state index contributed by atoms with van der Waals surface area (Å²) in [5.41, 5.74) is 4.47. The lowest BCUT2D eigenvalue weighted by atomic mass is 9.49. The molecule has 2 aliphatic carbocycles. The number of carboxylic acid groups (broad SMARTS) is 1. The van der Waals surface area contributed by atoms with E-state index in [0.717, 1.165) is 29.7 Å². The summed E-state index contributed by atoms with van der Waals surface area (Å²) in [4.78, 5) is 17.8. The summed E-state index contributed by atoms with van der Waals surface area (Å²) in [5, 5.41) is 14.6. The van der Waals surface area contributed by atoms with Crippen molar-refractivity contribution < 1.29 is 14.7 Å². The van der Waals surface area contributed by atoms with Gasteiger partial charge in [0.15, 0.2) is 0 Å². The van der Waals surface area contributed by atoms with Crippen molar-refractivity contribution in [2.75, 3.05) is 6.61 Å². The maximum absolute atomic E-state index is 12.3. The van der Waals surface area contributed by atoms with E-state index in [2.05, 4.69) is 51.2 Å². The predicted octanol–water partition coefficient (Wildman–Crippen LogP) is 5.91. The molecule has 3 atom stereocenters. The van der Waals surface area contributed by atoms with Crippen molar-refractivity contribution in [3.8, 4) is 0 Å². The Morgan fingerprint density at radius 1 is 1.34 bits per heavy atom. The van der Waals surface area contributed by atoms with Crippen LogP contribution in [0.2, 0.25) is 0 Å².